The second kappa shape index (κ2) is 8.88. The van der Waals surface area contributed by atoms with Crippen LogP contribution in [0.3, 0.4) is 0 Å². The zero-order valence-electron chi connectivity index (χ0n) is 21.0. The normalized spacial score (nSPS) is 27.5. The Labute approximate surface area is 211 Å². The van der Waals surface area contributed by atoms with Crippen LogP contribution in [0.25, 0.3) is 11.0 Å². The Hall–Kier alpha value is -2.91. The summed E-state index contributed by atoms with van der Waals surface area (Å²) in [6, 6.07) is 7.90. The highest BCUT2D eigenvalue weighted by atomic mass is 16.5. The van der Waals surface area contributed by atoms with Gasteiger partial charge in [-0.25, -0.2) is 4.98 Å². The van der Waals surface area contributed by atoms with Gasteiger partial charge in [0.25, 0.3) is 0 Å². The number of hydrogen-bond acceptors (Lipinski definition) is 8. The van der Waals surface area contributed by atoms with Crippen molar-refractivity contribution in [2.24, 2.45) is 17.8 Å². The first-order valence-electron chi connectivity index (χ1n) is 13.5. The van der Waals surface area contributed by atoms with E-state index < -0.39 is 0 Å². The van der Waals surface area contributed by atoms with Crippen molar-refractivity contribution in [1.29, 1.82) is 0 Å². The van der Waals surface area contributed by atoms with E-state index in [1.165, 1.54) is 37.7 Å². The first kappa shape index (κ1) is 22.3. The number of nitrogens with one attached hydrogen (secondary N) is 2. The second-order valence-electron chi connectivity index (χ2n) is 11.4. The zero-order chi connectivity index (χ0) is 24.2. The molecule has 0 unspecified atom stereocenters. The van der Waals surface area contributed by atoms with E-state index in [1.54, 1.807) is 13.3 Å². The number of rotatable bonds is 9. The molecule has 0 radical (unpaired) electrons. The average Bonchev–Trinajstić information content (AvgIpc) is 3.26. The van der Waals surface area contributed by atoms with Crippen LogP contribution in [0.4, 0.5) is 11.8 Å². The first-order chi connectivity index (χ1) is 17.6. The SMILES string of the molecule is COc1cc(CN2C[C@@H]3C[C@H]2CN3)ccc1Cn1ncc2nc(N)nc(NCC3CC(C4CC4)C3)c21. The van der Waals surface area contributed by atoms with E-state index >= 15 is 0 Å². The third kappa shape index (κ3) is 4.18. The van der Waals surface area contributed by atoms with E-state index in [0.717, 1.165) is 66.2 Å². The highest BCUT2D eigenvalue weighted by Gasteiger charge is 2.40. The molecule has 190 valence electrons. The molecule has 2 aromatic heterocycles. The van der Waals surface area contributed by atoms with E-state index in [9.17, 15) is 0 Å². The number of nitrogens with two attached hydrogens (primary N) is 1. The standard InChI is InChI=1S/C27H36N8O/c1-36-24-8-16(13-34-15-21-9-22(34)11-29-21)2-3-19(24)14-35-25-23(12-31-35)32-27(28)33-26(25)30-10-17-6-20(7-17)18-4-5-18/h2-3,8,12,17-18,20-22,29H,4-7,9-11,13-15H2,1H3,(H3,28,30,32,33)/t17?,20?,21-,22-/m0/s1. The Balaban J connectivity index is 1.08. The number of ether oxygens (including phenoxy) is 1. The largest absolute Gasteiger partial charge is 0.496 e. The van der Waals surface area contributed by atoms with Crippen LogP contribution < -0.4 is 21.1 Å². The first-order valence-corrected chi connectivity index (χ1v) is 13.5. The molecule has 2 aliphatic heterocycles. The predicted molar refractivity (Wildman–Crippen MR) is 140 cm³/mol. The van der Waals surface area contributed by atoms with E-state index in [1.807, 2.05) is 4.68 Å². The molecule has 9 heteroatoms. The number of aromatic nitrogens is 4. The van der Waals surface area contributed by atoms with Gasteiger partial charge in [-0.05, 0) is 61.5 Å². The minimum atomic E-state index is 0.279. The Kier molecular flexibility index (Phi) is 5.50. The lowest BCUT2D eigenvalue weighted by Gasteiger charge is -2.35. The van der Waals surface area contributed by atoms with Crippen molar-refractivity contribution in [3.8, 4) is 5.75 Å². The van der Waals surface area contributed by atoms with Crippen molar-refractivity contribution in [2.75, 3.05) is 37.8 Å². The molecule has 4 aliphatic rings. The van der Waals surface area contributed by atoms with Crippen molar-refractivity contribution in [1.82, 2.24) is 30.0 Å². The minimum absolute atomic E-state index is 0.279. The molecule has 1 aromatic carbocycles. The number of piperazine rings is 1. The summed E-state index contributed by atoms with van der Waals surface area (Å²) in [6.45, 7) is 4.71. The lowest BCUT2D eigenvalue weighted by Crippen LogP contribution is -2.42. The van der Waals surface area contributed by atoms with Gasteiger partial charge in [-0.2, -0.15) is 10.1 Å². The van der Waals surface area contributed by atoms with Crippen LogP contribution in [0.2, 0.25) is 0 Å². The van der Waals surface area contributed by atoms with Gasteiger partial charge in [-0.15, -0.1) is 0 Å². The maximum absolute atomic E-state index is 6.03. The molecule has 7 rings (SSSR count). The molecule has 4 fully saturated rings. The Morgan fingerprint density at radius 3 is 2.78 bits per heavy atom. The Bertz CT molecular complexity index is 1260. The number of nitrogen functional groups attached to an aromatic ring is 1. The van der Waals surface area contributed by atoms with Crippen LogP contribution in [-0.2, 0) is 13.1 Å². The van der Waals surface area contributed by atoms with Crippen LogP contribution in [0.5, 0.6) is 5.75 Å². The van der Waals surface area contributed by atoms with Crippen LogP contribution >= 0.6 is 0 Å². The molecule has 9 nitrogen and oxygen atoms in total. The molecule has 2 aliphatic carbocycles. The zero-order valence-corrected chi connectivity index (χ0v) is 21.0. The van der Waals surface area contributed by atoms with Gasteiger partial charge in [-0.1, -0.05) is 12.1 Å². The van der Waals surface area contributed by atoms with Crippen molar-refractivity contribution in [3.63, 3.8) is 0 Å². The van der Waals surface area contributed by atoms with Crippen molar-refractivity contribution < 1.29 is 4.74 Å². The van der Waals surface area contributed by atoms with Gasteiger partial charge < -0.3 is 21.1 Å². The van der Waals surface area contributed by atoms with Crippen LogP contribution in [-0.4, -0.2) is 63.5 Å². The van der Waals surface area contributed by atoms with Gasteiger partial charge in [0.2, 0.25) is 5.95 Å². The fraction of sp³-hybridized carbons (Fsp3) is 0.593. The number of methoxy groups -OCH3 is 1. The average molecular weight is 489 g/mol. The monoisotopic (exact) mass is 488 g/mol. The smallest absolute Gasteiger partial charge is 0.222 e. The van der Waals surface area contributed by atoms with Crippen molar-refractivity contribution in [2.45, 2.75) is 57.3 Å². The van der Waals surface area contributed by atoms with Gasteiger partial charge in [0, 0.05) is 43.8 Å². The molecular formula is C27H36N8O. The van der Waals surface area contributed by atoms with Gasteiger partial charge >= 0.3 is 0 Å². The summed E-state index contributed by atoms with van der Waals surface area (Å²) in [4.78, 5) is 11.6. The lowest BCUT2D eigenvalue weighted by atomic mass is 9.72. The maximum Gasteiger partial charge on any atom is 0.222 e. The van der Waals surface area contributed by atoms with E-state index in [4.69, 9.17) is 10.5 Å². The number of likely N-dealkylation sites (tertiary alicyclic amines) is 1. The lowest BCUT2D eigenvalue weighted by molar-refractivity contribution is 0.179. The van der Waals surface area contributed by atoms with Gasteiger partial charge in [0.05, 0.1) is 19.9 Å². The predicted octanol–water partition coefficient (Wildman–Crippen LogP) is 2.86. The fourth-order valence-corrected chi connectivity index (χ4v) is 6.66. The van der Waals surface area contributed by atoms with Crippen LogP contribution in [0.15, 0.2) is 24.4 Å². The Morgan fingerprint density at radius 2 is 2.03 bits per heavy atom. The number of fused-ring (bicyclic) bond motifs is 3. The third-order valence-electron chi connectivity index (χ3n) is 8.85. The molecule has 2 atom stereocenters. The molecule has 2 saturated carbocycles. The number of nitrogens with zero attached hydrogens (tertiary/aromatic N) is 5. The van der Waals surface area contributed by atoms with E-state index in [2.05, 4.69) is 48.8 Å². The number of anilines is 2. The summed E-state index contributed by atoms with van der Waals surface area (Å²) in [5.74, 6) is 4.62. The van der Waals surface area contributed by atoms with Crippen molar-refractivity contribution in [3.05, 3.63) is 35.5 Å². The molecule has 2 saturated heterocycles. The van der Waals surface area contributed by atoms with Crippen LogP contribution in [0.1, 0.15) is 43.2 Å². The maximum atomic E-state index is 6.03. The number of benzene rings is 1. The summed E-state index contributed by atoms with van der Waals surface area (Å²) in [5, 5.41) is 11.8. The molecule has 0 spiro atoms. The molecular weight excluding hydrogens is 452 g/mol. The molecule has 36 heavy (non-hydrogen) atoms. The van der Waals surface area contributed by atoms with Gasteiger partial charge in [-0.3, -0.25) is 9.58 Å². The summed E-state index contributed by atoms with van der Waals surface area (Å²) < 4.78 is 7.79. The quantitative estimate of drug-likeness (QED) is 0.422. The highest BCUT2D eigenvalue weighted by molar-refractivity contribution is 5.86. The molecule has 2 bridgehead atoms. The summed E-state index contributed by atoms with van der Waals surface area (Å²) in [6.07, 6.45) is 8.59. The highest BCUT2D eigenvalue weighted by Crippen LogP contribution is 2.49. The van der Waals surface area contributed by atoms with E-state index in [0.29, 0.717) is 24.5 Å². The summed E-state index contributed by atoms with van der Waals surface area (Å²) >= 11 is 0. The molecule has 3 aromatic rings. The van der Waals surface area contributed by atoms with Crippen molar-refractivity contribution >= 4 is 22.8 Å². The van der Waals surface area contributed by atoms with Gasteiger partial charge in [0.1, 0.15) is 16.8 Å². The van der Waals surface area contributed by atoms with Crippen LogP contribution in [0, 0.1) is 17.8 Å². The molecule has 4 heterocycles. The minimum Gasteiger partial charge on any atom is -0.496 e. The third-order valence-corrected chi connectivity index (χ3v) is 8.85. The molecule has 0 amide bonds. The van der Waals surface area contributed by atoms with E-state index in [-0.39, 0.29) is 5.95 Å². The number of hydrogen-bond donors (Lipinski definition) is 3. The summed E-state index contributed by atoms with van der Waals surface area (Å²) in [7, 11) is 1.75. The fourth-order valence-electron chi connectivity index (χ4n) is 6.66. The topological polar surface area (TPSA) is 106 Å². The van der Waals surface area contributed by atoms with Gasteiger partial charge in [0.15, 0.2) is 5.82 Å². The second-order valence-corrected chi connectivity index (χ2v) is 11.4. The summed E-state index contributed by atoms with van der Waals surface area (Å²) in [5.41, 5.74) is 10.1. The molecule has 4 N–H and O–H groups in total. The Morgan fingerprint density at radius 1 is 1.14 bits per heavy atom.